The first-order valence-electron chi connectivity index (χ1n) is 11.3. The highest BCUT2D eigenvalue weighted by atomic mass is 16.5. The molecule has 4 amide bonds. The molecule has 1 atom stereocenters. The van der Waals surface area contributed by atoms with Gasteiger partial charge in [-0.2, -0.15) is 0 Å². The van der Waals surface area contributed by atoms with Gasteiger partial charge in [-0.15, -0.1) is 0 Å². The number of hydrogen-bond donors (Lipinski definition) is 2. The zero-order chi connectivity index (χ0) is 23.7. The molecule has 1 unspecified atom stereocenters. The van der Waals surface area contributed by atoms with Gasteiger partial charge in [-0.05, 0) is 67.1 Å². The fourth-order valence-corrected chi connectivity index (χ4v) is 4.53. The molecule has 0 spiro atoms. The highest BCUT2D eigenvalue weighted by Gasteiger charge is 2.49. The molecule has 1 fully saturated rings. The second-order valence-electron chi connectivity index (χ2n) is 8.74. The van der Waals surface area contributed by atoms with Gasteiger partial charge in [0.2, 0.25) is 5.91 Å². The lowest BCUT2D eigenvalue weighted by Crippen LogP contribution is -2.42. The largest absolute Gasteiger partial charge is 0.455 e. The Balaban J connectivity index is 1.30. The summed E-state index contributed by atoms with van der Waals surface area (Å²) in [5.74, 6) is 0.149. The second-order valence-corrected chi connectivity index (χ2v) is 8.74. The number of anilines is 1. The third-order valence-electron chi connectivity index (χ3n) is 6.38. The first-order chi connectivity index (χ1) is 16.4. The molecule has 0 radical (unpaired) electrons. The summed E-state index contributed by atoms with van der Waals surface area (Å²) in [4.78, 5) is 39.8. The summed E-state index contributed by atoms with van der Waals surface area (Å²) in [5.41, 5.74) is 2.48. The van der Waals surface area contributed by atoms with E-state index in [0.717, 1.165) is 29.7 Å². The van der Waals surface area contributed by atoms with Crippen molar-refractivity contribution in [3.63, 3.8) is 0 Å². The average molecular weight is 456 g/mol. The summed E-state index contributed by atoms with van der Waals surface area (Å²) in [6, 6.07) is 21.6. The molecule has 3 aromatic rings. The molecule has 1 heterocycles. The van der Waals surface area contributed by atoms with Crippen LogP contribution < -0.4 is 15.4 Å². The van der Waals surface area contributed by atoms with Crippen LogP contribution in [0.2, 0.25) is 0 Å². The minimum atomic E-state index is -1.21. The molecule has 1 saturated heterocycles. The summed E-state index contributed by atoms with van der Waals surface area (Å²) in [6.45, 7) is 1.29. The maximum Gasteiger partial charge on any atom is 0.325 e. The smallest absolute Gasteiger partial charge is 0.325 e. The van der Waals surface area contributed by atoms with Gasteiger partial charge in [-0.3, -0.25) is 14.5 Å². The van der Waals surface area contributed by atoms with Gasteiger partial charge in [0.05, 0.1) is 5.69 Å². The molecule has 7 heteroatoms. The molecule has 2 N–H and O–H groups in total. The number of carbonyl (C=O) groups is 3. The molecule has 172 valence electrons. The van der Waals surface area contributed by atoms with Gasteiger partial charge in [-0.1, -0.05) is 48.5 Å². The average Bonchev–Trinajstić information content (AvgIpc) is 3.39. The number of imide groups is 1. The molecule has 3 aromatic carbocycles. The molecule has 0 aromatic heterocycles. The molecule has 0 saturated carbocycles. The van der Waals surface area contributed by atoms with Gasteiger partial charge in [-0.25, -0.2) is 4.79 Å². The number of ether oxygens (including phenoxy) is 1. The molecular formula is C27H25N3O4. The van der Waals surface area contributed by atoms with Crippen LogP contribution in [-0.2, 0) is 28.0 Å². The highest BCUT2D eigenvalue weighted by Crippen LogP contribution is 2.33. The van der Waals surface area contributed by atoms with E-state index in [9.17, 15) is 14.4 Å². The van der Waals surface area contributed by atoms with Crippen LogP contribution in [-0.4, -0.2) is 29.3 Å². The Kier molecular flexibility index (Phi) is 5.53. The quantitative estimate of drug-likeness (QED) is 0.540. The SMILES string of the molecule is CC1(c2ccc3c(c2)CCC3)NC(=O)N(CC(=O)Nc2ccccc2Oc2ccccc2)C1=O. The van der Waals surface area contributed by atoms with Gasteiger partial charge in [0.25, 0.3) is 5.91 Å². The Bertz CT molecular complexity index is 1270. The van der Waals surface area contributed by atoms with E-state index in [2.05, 4.69) is 10.6 Å². The van der Waals surface area contributed by atoms with Crippen molar-refractivity contribution in [2.75, 3.05) is 11.9 Å². The Labute approximate surface area is 197 Å². The van der Waals surface area contributed by atoms with Crippen molar-refractivity contribution in [2.24, 2.45) is 0 Å². The van der Waals surface area contributed by atoms with Crippen molar-refractivity contribution in [3.05, 3.63) is 89.5 Å². The monoisotopic (exact) mass is 455 g/mol. The molecule has 5 rings (SSSR count). The minimum absolute atomic E-state index is 0.398. The third kappa shape index (κ3) is 4.01. The van der Waals surface area contributed by atoms with Crippen LogP contribution in [0.4, 0.5) is 10.5 Å². The van der Waals surface area contributed by atoms with E-state index in [0.29, 0.717) is 17.2 Å². The lowest BCUT2D eigenvalue weighted by Gasteiger charge is -2.23. The molecular weight excluding hydrogens is 430 g/mol. The van der Waals surface area contributed by atoms with Crippen LogP contribution in [0.25, 0.3) is 0 Å². The first-order valence-corrected chi connectivity index (χ1v) is 11.3. The number of urea groups is 1. The van der Waals surface area contributed by atoms with Crippen molar-refractivity contribution in [2.45, 2.75) is 31.7 Å². The van der Waals surface area contributed by atoms with E-state index < -0.39 is 29.9 Å². The van der Waals surface area contributed by atoms with Gasteiger partial charge in [0.1, 0.15) is 17.8 Å². The minimum Gasteiger partial charge on any atom is -0.455 e. The maximum absolute atomic E-state index is 13.3. The second kappa shape index (κ2) is 8.67. The van der Waals surface area contributed by atoms with Gasteiger partial charge in [0, 0.05) is 0 Å². The maximum atomic E-state index is 13.3. The summed E-state index contributed by atoms with van der Waals surface area (Å²) < 4.78 is 5.88. The number of rotatable bonds is 6. The summed E-state index contributed by atoms with van der Waals surface area (Å²) in [6.07, 6.45) is 3.10. The molecule has 1 aliphatic carbocycles. The lowest BCUT2D eigenvalue weighted by atomic mass is 9.89. The van der Waals surface area contributed by atoms with Gasteiger partial charge in [0.15, 0.2) is 5.75 Å². The molecule has 7 nitrogen and oxygen atoms in total. The van der Waals surface area contributed by atoms with Crippen LogP contribution in [0.5, 0.6) is 11.5 Å². The van der Waals surface area contributed by atoms with Crippen LogP contribution >= 0.6 is 0 Å². The van der Waals surface area contributed by atoms with Crippen molar-refractivity contribution < 1.29 is 19.1 Å². The summed E-state index contributed by atoms with van der Waals surface area (Å²) in [5, 5.41) is 5.55. The van der Waals surface area contributed by atoms with E-state index in [-0.39, 0.29) is 0 Å². The van der Waals surface area contributed by atoms with Crippen molar-refractivity contribution in [3.8, 4) is 11.5 Å². The Morgan fingerprint density at radius 2 is 1.74 bits per heavy atom. The Morgan fingerprint density at radius 3 is 2.56 bits per heavy atom. The van der Waals surface area contributed by atoms with E-state index in [1.165, 1.54) is 11.1 Å². The number of benzene rings is 3. The van der Waals surface area contributed by atoms with E-state index >= 15 is 0 Å². The zero-order valence-electron chi connectivity index (χ0n) is 18.8. The number of aryl methyl sites for hydroxylation is 2. The number of fused-ring (bicyclic) bond motifs is 1. The van der Waals surface area contributed by atoms with Crippen LogP contribution in [0.3, 0.4) is 0 Å². The summed E-state index contributed by atoms with van der Waals surface area (Å²) >= 11 is 0. The predicted octanol–water partition coefficient (Wildman–Crippen LogP) is 4.37. The topological polar surface area (TPSA) is 87.7 Å². The van der Waals surface area contributed by atoms with E-state index in [4.69, 9.17) is 4.74 Å². The van der Waals surface area contributed by atoms with Gasteiger partial charge >= 0.3 is 6.03 Å². The zero-order valence-corrected chi connectivity index (χ0v) is 18.8. The number of nitrogens with zero attached hydrogens (tertiary/aromatic N) is 1. The van der Waals surface area contributed by atoms with Crippen LogP contribution in [0.1, 0.15) is 30.0 Å². The first kappa shape index (κ1) is 21.7. The molecule has 1 aliphatic heterocycles. The summed E-state index contributed by atoms with van der Waals surface area (Å²) in [7, 11) is 0. The normalized spacial score (nSPS) is 19.0. The van der Waals surface area contributed by atoms with Crippen LogP contribution in [0.15, 0.2) is 72.8 Å². The van der Waals surface area contributed by atoms with Gasteiger partial charge < -0.3 is 15.4 Å². The number of nitrogens with one attached hydrogen (secondary N) is 2. The molecule has 34 heavy (non-hydrogen) atoms. The fraction of sp³-hybridized carbons (Fsp3) is 0.222. The molecule has 0 bridgehead atoms. The van der Waals surface area contributed by atoms with Crippen molar-refractivity contribution >= 4 is 23.5 Å². The Hall–Kier alpha value is -4.13. The number of hydrogen-bond acceptors (Lipinski definition) is 4. The Morgan fingerprint density at radius 1 is 1.00 bits per heavy atom. The highest BCUT2D eigenvalue weighted by molar-refractivity contribution is 6.10. The fourth-order valence-electron chi connectivity index (χ4n) is 4.53. The standard InChI is InChI=1S/C27H25N3O4/c1-27(20-15-14-18-8-7-9-19(18)16-20)25(32)30(26(33)29-27)17-24(31)28-22-12-5-6-13-23(22)34-21-10-3-2-4-11-21/h2-6,10-16H,7-9,17H2,1H3,(H,28,31)(H,29,33). The van der Waals surface area contributed by atoms with E-state index in [1.807, 2.05) is 48.5 Å². The third-order valence-corrected chi connectivity index (χ3v) is 6.38. The van der Waals surface area contributed by atoms with Crippen molar-refractivity contribution in [1.29, 1.82) is 0 Å². The lowest BCUT2D eigenvalue weighted by molar-refractivity contribution is -0.133. The number of para-hydroxylation sites is 3. The van der Waals surface area contributed by atoms with E-state index in [1.54, 1.807) is 31.2 Å². The van der Waals surface area contributed by atoms with Crippen molar-refractivity contribution in [1.82, 2.24) is 10.2 Å². The molecule has 2 aliphatic rings. The van der Waals surface area contributed by atoms with Crippen LogP contribution in [0, 0.1) is 0 Å². The number of amides is 4. The predicted molar refractivity (Wildman–Crippen MR) is 128 cm³/mol. The number of carbonyl (C=O) groups excluding carboxylic acids is 3.